The molecule has 2 aromatic rings. The van der Waals surface area contributed by atoms with Crippen molar-refractivity contribution in [3.63, 3.8) is 0 Å². The van der Waals surface area contributed by atoms with E-state index < -0.39 is 0 Å². The van der Waals surface area contributed by atoms with E-state index in [0.29, 0.717) is 11.3 Å². The molecular weight excluding hydrogens is 292 g/mol. The van der Waals surface area contributed by atoms with Gasteiger partial charge in [0, 0.05) is 12.6 Å². The van der Waals surface area contributed by atoms with Crippen LogP contribution < -0.4 is 5.32 Å². The van der Waals surface area contributed by atoms with Gasteiger partial charge < -0.3 is 10.1 Å². The third-order valence-electron chi connectivity index (χ3n) is 3.08. The Bertz CT molecular complexity index is 746. The molecule has 116 valence electrons. The molecule has 0 heterocycles. The van der Waals surface area contributed by atoms with E-state index in [2.05, 4.69) is 5.32 Å². The van der Waals surface area contributed by atoms with E-state index in [1.807, 2.05) is 6.07 Å². The first kappa shape index (κ1) is 16.2. The van der Waals surface area contributed by atoms with Crippen LogP contribution in [0, 0.1) is 11.3 Å². The number of hydrogen-bond donors (Lipinski definition) is 1. The van der Waals surface area contributed by atoms with Crippen molar-refractivity contribution in [1.29, 1.82) is 5.26 Å². The molecule has 2 aromatic carbocycles. The summed E-state index contributed by atoms with van der Waals surface area (Å²) in [6.07, 6.45) is 0.151. The van der Waals surface area contributed by atoms with Crippen LogP contribution in [-0.4, -0.2) is 11.9 Å². The number of ether oxygens (including phenoxy) is 1. The molecule has 0 unspecified atom stereocenters. The van der Waals surface area contributed by atoms with Crippen LogP contribution in [0.25, 0.3) is 0 Å². The second kappa shape index (κ2) is 7.76. The van der Waals surface area contributed by atoms with E-state index in [0.717, 1.165) is 11.1 Å². The molecule has 1 N–H and O–H groups in total. The van der Waals surface area contributed by atoms with Crippen LogP contribution in [0.5, 0.6) is 0 Å². The molecule has 0 aromatic heterocycles. The lowest BCUT2D eigenvalue weighted by molar-refractivity contribution is -0.144. The molecule has 0 atom stereocenters. The van der Waals surface area contributed by atoms with Gasteiger partial charge in [-0.1, -0.05) is 24.3 Å². The number of rotatable bonds is 5. The van der Waals surface area contributed by atoms with Gasteiger partial charge in [-0.25, -0.2) is 0 Å². The molecule has 0 fully saturated rings. The van der Waals surface area contributed by atoms with Crippen LogP contribution in [0.3, 0.4) is 0 Å². The number of nitriles is 1. The number of nitrogens with zero attached hydrogens (tertiary/aromatic N) is 1. The highest BCUT2D eigenvalue weighted by Gasteiger charge is 2.06. The Morgan fingerprint density at radius 3 is 2.52 bits per heavy atom. The molecule has 0 bridgehead atoms. The fourth-order valence-electron chi connectivity index (χ4n) is 2.02. The van der Waals surface area contributed by atoms with Gasteiger partial charge >= 0.3 is 5.97 Å². The monoisotopic (exact) mass is 308 g/mol. The number of hydrogen-bond acceptors (Lipinski definition) is 4. The molecule has 5 heteroatoms. The first-order valence-corrected chi connectivity index (χ1v) is 7.08. The quantitative estimate of drug-likeness (QED) is 0.861. The molecule has 0 aliphatic heterocycles. The van der Waals surface area contributed by atoms with E-state index >= 15 is 0 Å². The first-order chi connectivity index (χ1) is 11.1. The minimum Gasteiger partial charge on any atom is -0.461 e. The minimum atomic E-state index is -0.348. The summed E-state index contributed by atoms with van der Waals surface area (Å²) in [4.78, 5) is 22.8. The van der Waals surface area contributed by atoms with Crippen molar-refractivity contribution in [3.05, 3.63) is 65.2 Å². The summed E-state index contributed by atoms with van der Waals surface area (Å²) in [7, 11) is 0. The van der Waals surface area contributed by atoms with Gasteiger partial charge in [-0.3, -0.25) is 9.59 Å². The predicted molar refractivity (Wildman–Crippen MR) is 85.4 cm³/mol. The number of carbonyl (C=O) groups excluding carboxylic acids is 2. The van der Waals surface area contributed by atoms with Crippen molar-refractivity contribution in [3.8, 4) is 6.07 Å². The maximum atomic E-state index is 11.8. The molecule has 0 radical (unpaired) electrons. The highest BCUT2D eigenvalue weighted by molar-refractivity contribution is 5.88. The van der Waals surface area contributed by atoms with Crippen LogP contribution >= 0.6 is 0 Å². The maximum Gasteiger partial charge on any atom is 0.310 e. The van der Waals surface area contributed by atoms with Crippen LogP contribution in [0.2, 0.25) is 0 Å². The van der Waals surface area contributed by atoms with Gasteiger partial charge in [0.05, 0.1) is 18.1 Å². The van der Waals surface area contributed by atoms with Crippen LogP contribution in [0.4, 0.5) is 5.69 Å². The Labute approximate surface area is 134 Å². The van der Waals surface area contributed by atoms with Crippen LogP contribution in [-0.2, 0) is 27.4 Å². The summed E-state index contributed by atoms with van der Waals surface area (Å²) >= 11 is 0. The van der Waals surface area contributed by atoms with Gasteiger partial charge in [-0.05, 0) is 35.4 Å². The Morgan fingerprint density at radius 2 is 1.87 bits per heavy atom. The largest absolute Gasteiger partial charge is 0.461 e. The van der Waals surface area contributed by atoms with Crippen molar-refractivity contribution in [2.75, 3.05) is 5.32 Å². The molecule has 0 spiro atoms. The van der Waals surface area contributed by atoms with Crippen molar-refractivity contribution in [1.82, 2.24) is 0 Å². The molecule has 23 heavy (non-hydrogen) atoms. The summed E-state index contributed by atoms with van der Waals surface area (Å²) in [6.45, 7) is 1.57. The summed E-state index contributed by atoms with van der Waals surface area (Å²) in [5, 5.41) is 11.5. The second-order valence-corrected chi connectivity index (χ2v) is 5.03. The number of benzene rings is 2. The molecule has 2 rings (SSSR count). The smallest absolute Gasteiger partial charge is 0.310 e. The zero-order valence-electron chi connectivity index (χ0n) is 12.7. The summed E-state index contributed by atoms with van der Waals surface area (Å²) in [6, 6.07) is 16.0. The van der Waals surface area contributed by atoms with Crippen molar-refractivity contribution in [2.45, 2.75) is 20.0 Å². The zero-order chi connectivity index (χ0) is 16.7. The molecule has 5 nitrogen and oxygen atoms in total. The third kappa shape index (κ3) is 5.29. The highest BCUT2D eigenvalue weighted by Crippen LogP contribution is 2.11. The van der Waals surface area contributed by atoms with Gasteiger partial charge in [-0.15, -0.1) is 0 Å². The molecule has 0 saturated carbocycles. The summed E-state index contributed by atoms with van der Waals surface area (Å²) in [5.41, 5.74) is 2.79. The number of carbonyl (C=O) groups is 2. The van der Waals surface area contributed by atoms with E-state index in [9.17, 15) is 9.59 Å². The number of esters is 1. The van der Waals surface area contributed by atoms with E-state index in [-0.39, 0.29) is 24.9 Å². The van der Waals surface area contributed by atoms with E-state index in [1.54, 1.807) is 48.5 Å². The fourth-order valence-corrected chi connectivity index (χ4v) is 2.02. The Kier molecular flexibility index (Phi) is 5.48. The number of nitrogens with one attached hydrogen (secondary N) is 1. The lowest BCUT2D eigenvalue weighted by atomic mass is 10.1. The minimum absolute atomic E-state index is 0.137. The van der Waals surface area contributed by atoms with Crippen LogP contribution in [0.15, 0.2) is 48.5 Å². The van der Waals surface area contributed by atoms with Gasteiger partial charge in [-0.2, -0.15) is 5.26 Å². The predicted octanol–water partition coefficient (Wildman–Crippen LogP) is 2.80. The van der Waals surface area contributed by atoms with Crippen molar-refractivity contribution >= 4 is 17.6 Å². The standard InChI is InChI=1S/C18H16N2O3/c1-13(21)20-17-7-5-14(6-8-17)10-18(22)23-12-16-4-2-3-15(9-16)11-19/h2-9H,10,12H2,1H3,(H,20,21). The zero-order valence-corrected chi connectivity index (χ0v) is 12.7. The lowest BCUT2D eigenvalue weighted by Gasteiger charge is -2.06. The van der Waals surface area contributed by atoms with Crippen molar-refractivity contribution in [2.24, 2.45) is 0 Å². The topological polar surface area (TPSA) is 79.2 Å². The van der Waals surface area contributed by atoms with Gasteiger partial charge in [0.15, 0.2) is 0 Å². The molecule has 0 aliphatic rings. The Hall–Kier alpha value is -3.13. The molecule has 1 amide bonds. The first-order valence-electron chi connectivity index (χ1n) is 7.08. The molecular formula is C18H16N2O3. The molecule has 0 aliphatic carbocycles. The number of amides is 1. The van der Waals surface area contributed by atoms with Gasteiger partial charge in [0.1, 0.15) is 6.61 Å². The third-order valence-corrected chi connectivity index (χ3v) is 3.08. The fraction of sp³-hybridized carbons (Fsp3) is 0.167. The average molecular weight is 308 g/mol. The summed E-state index contributed by atoms with van der Waals surface area (Å²) in [5.74, 6) is -0.489. The SMILES string of the molecule is CC(=O)Nc1ccc(CC(=O)OCc2cccc(C#N)c2)cc1. The summed E-state index contributed by atoms with van der Waals surface area (Å²) < 4.78 is 5.21. The Balaban J connectivity index is 1.87. The van der Waals surface area contributed by atoms with Gasteiger partial charge in [0.25, 0.3) is 0 Å². The van der Waals surface area contributed by atoms with E-state index in [4.69, 9.17) is 10.00 Å². The van der Waals surface area contributed by atoms with Crippen molar-refractivity contribution < 1.29 is 14.3 Å². The number of anilines is 1. The highest BCUT2D eigenvalue weighted by atomic mass is 16.5. The molecule has 0 saturated heterocycles. The second-order valence-electron chi connectivity index (χ2n) is 5.03. The van der Waals surface area contributed by atoms with Crippen LogP contribution in [0.1, 0.15) is 23.6 Å². The maximum absolute atomic E-state index is 11.8. The lowest BCUT2D eigenvalue weighted by Crippen LogP contribution is -2.09. The average Bonchev–Trinajstić information content (AvgIpc) is 2.54. The van der Waals surface area contributed by atoms with E-state index in [1.165, 1.54) is 6.92 Å². The Morgan fingerprint density at radius 1 is 1.13 bits per heavy atom. The normalized spacial score (nSPS) is 9.74. The van der Waals surface area contributed by atoms with Gasteiger partial charge in [0.2, 0.25) is 5.91 Å².